The van der Waals surface area contributed by atoms with Gasteiger partial charge in [-0.2, -0.15) is 0 Å². The van der Waals surface area contributed by atoms with E-state index in [1.54, 1.807) is 0 Å². The minimum Gasteiger partial charge on any atom is -0.462 e. The number of esters is 3. The van der Waals surface area contributed by atoms with Crippen molar-refractivity contribution in [3.05, 3.63) is 97.2 Å². The van der Waals surface area contributed by atoms with Crippen molar-refractivity contribution in [2.24, 2.45) is 0 Å². The number of hydrogen-bond donors (Lipinski definition) is 2. The lowest BCUT2D eigenvalue weighted by molar-refractivity contribution is -0.161. The van der Waals surface area contributed by atoms with Crippen LogP contribution >= 0.6 is 7.82 Å². The minimum absolute atomic E-state index is 0.0380. The molecule has 0 radical (unpaired) electrons. The van der Waals surface area contributed by atoms with Gasteiger partial charge in [0.1, 0.15) is 12.7 Å². The Morgan fingerprint density at radius 3 is 1.14 bits per heavy atom. The molecule has 3 atom stereocenters. The molecule has 2 N–H and O–H groups in total. The summed E-state index contributed by atoms with van der Waals surface area (Å²) in [5.41, 5.74) is 0. The Balaban J connectivity index is 4.85. The first-order valence-corrected chi connectivity index (χ1v) is 31.6. The smallest absolute Gasteiger partial charge is 0.462 e. The van der Waals surface area contributed by atoms with Gasteiger partial charge in [0.2, 0.25) is 0 Å². The van der Waals surface area contributed by atoms with Gasteiger partial charge in [0, 0.05) is 19.3 Å². The molecule has 0 amide bonds. The highest BCUT2D eigenvalue weighted by Crippen LogP contribution is 2.43. The van der Waals surface area contributed by atoms with Crippen molar-refractivity contribution >= 4 is 25.7 Å². The van der Waals surface area contributed by atoms with Gasteiger partial charge in [0.25, 0.3) is 0 Å². The maximum atomic E-state index is 12.9. The number of unbranched alkanes of at least 4 members (excludes halogenated alkanes) is 22. The molecular formula is C64H109O11P. The van der Waals surface area contributed by atoms with E-state index in [2.05, 4.69) is 106 Å². The van der Waals surface area contributed by atoms with Crippen LogP contribution in [-0.2, 0) is 42.2 Å². The maximum absolute atomic E-state index is 12.9. The first-order chi connectivity index (χ1) is 37.2. The Labute approximate surface area is 463 Å². The summed E-state index contributed by atoms with van der Waals surface area (Å²) in [6.07, 6.45) is 68.1. The molecule has 0 aromatic heterocycles. The van der Waals surface area contributed by atoms with Crippen LogP contribution < -0.4 is 0 Å². The summed E-state index contributed by atoms with van der Waals surface area (Å²) >= 11 is 0. The summed E-state index contributed by atoms with van der Waals surface area (Å²) in [5, 5.41) is 9.81. The molecule has 0 rings (SSSR count). The molecule has 0 saturated heterocycles. The molecule has 0 saturated carbocycles. The summed E-state index contributed by atoms with van der Waals surface area (Å²) in [4.78, 5) is 48.6. The lowest BCUT2D eigenvalue weighted by Crippen LogP contribution is -2.30. The molecule has 0 bridgehead atoms. The van der Waals surface area contributed by atoms with Gasteiger partial charge < -0.3 is 24.2 Å². The molecule has 0 aromatic rings. The van der Waals surface area contributed by atoms with Crippen molar-refractivity contribution in [1.82, 2.24) is 0 Å². The van der Waals surface area contributed by atoms with E-state index in [1.807, 2.05) is 12.2 Å². The second kappa shape index (κ2) is 57.6. The normalized spacial score (nSPS) is 14.0. The quantitative estimate of drug-likeness (QED) is 0.0197. The van der Waals surface area contributed by atoms with Crippen molar-refractivity contribution in [3.63, 3.8) is 0 Å². The number of phosphoric ester groups is 1. The fourth-order valence-electron chi connectivity index (χ4n) is 7.90. The molecule has 0 aliphatic rings. The highest BCUT2D eigenvalue weighted by Gasteiger charge is 2.28. The van der Waals surface area contributed by atoms with Crippen molar-refractivity contribution in [1.29, 1.82) is 0 Å². The van der Waals surface area contributed by atoms with Crippen molar-refractivity contribution in [3.8, 4) is 0 Å². The zero-order valence-corrected chi connectivity index (χ0v) is 49.1. The summed E-state index contributed by atoms with van der Waals surface area (Å²) in [7, 11) is -4.78. The largest absolute Gasteiger partial charge is 0.472 e. The van der Waals surface area contributed by atoms with E-state index < -0.39 is 57.8 Å². The number of aliphatic hydroxyl groups is 1. The Hall–Kier alpha value is -3.60. The van der Waals surface area contributed by atoms with Crippen LogP contribution in [0.15, 0.2) is 97.2 Å². The third kappa shape index (κ3) is 55.2. The lowest BCUT2D eigenvalue weighted by atomic mass is 10.1. The van der Waals surface area contributed by atoms with E-state index in [4.69, 9.17) is 23.3 Å². The molecule has 0 fully saturated rings. The van der Waals surface area contributed by atoms with Crippen LogP contribution in [0.3, 0.4) is 0 Å². The lowest BCUT2D eigenvalue weighted by Gasteiger charge is -2.21. The van der Waals surface area contributed by atoms with Crippen LogP contribution in [0.4, 0.5) is 0 Å². The molecular weight excluding hydrogens is 976 g/mol. The first kappa shape index (κ1) is 72.4. The fourth-order valence-corrected chi connectivity index (χ4v) is 8.68. The van der Waals surface area contributed by atoms with E-state index in [-0.39, 0.29) is 25.9 Å². The molecule has 3 unspecified atom stereocenters. The molecule has 0 aliphatic heterocycles. The molecule has 11 nitrogen and oxygen atoms in total. The SMILES string of the molecule is CC/C=C\C/C=C\C/C=C\C/C=C\C/C=C\C/C=C\CCC(=O)OC(COC(=O)CCCCCCCCC/C=C\CCCCCCCC)COP(=O)(O)OCC(CO)OC(=O)CCCCCCC/C=C\CCCCCC. The Bertz CT molecular complexity index is 1640. The highest BCUT2D eigenvalue weighted by molar-refractivity contribution is 7.47. The van der Waals surface area contributed by atoms with Gasteiger partial charge in [0.05, 0.1) is 19.8 Å². The number of ether oxygens (including phenoxy) is 3. The monoisotopic (exact) mass is 1080 g/mol. The van der Waals surface area contributed by atoms with E-state index in [0.29, 0.717) is 25.7 Å². The first-order valence-electron chi connectivity index (χ1n) is 30.1. The summed E-state index contributed by atoms with van der Waals surface area (Å²) < 4.78 is 39.5. The van der Waals surface area contributed by atoms with Crippen molar-refractivity contribution < 1.29 is 52.2 Å². The Kier molecular flexibility index (Phi) is 54.8. The topological polar surface area (TPSA) is 155 Å². The summed E-state index contributed by atoms with van der Waals surface area (Å²) in [6, 6.07) is 0. The molecule has 0 spiro atoms. The van der Waals surface area contributed by atoms with Gasteiger partial charge >= 0.3 is 25.7 Å². The van der Waals surface area contributed by atoms with Crippen LogP contribution in [0, 0.1) is 0 Å². The Morgan fingerprint density at radius 2 is 0.711 bits per heavy atom. The third-order valence-electron chi connectivity index (χ3n) is 12.5. The van der Waals surface area contributed by atoms with E-state index in [1.165, 1.54) is 89.9 Å². The number of rotatable bonds is 55. The standard InChI is InChI=1S/C64H109O11P/c1-4-7-10-13-16-19-22-25-27-29-30-32-34-37-40-43-46-49-52-55-64(68)75-61(57-71-62(66)53-50-47-44-41-38-36-33-31-28-26-23-20-17-14-11-8-5-2)59-73-76(69,70)72-58-60(56-65)74-63(67)54-51-48-45-42-39-35-24-21-18-15-12-9-6-3/h7,10,16,19,21,24-28,30,32,37,40,46,49,60-61,65H,4-6,8-9,11-15,17-18,20,22-23,29,31,33-36,38-39,41-45,47-48,50-59H2,1-3H3,(H,69,70)/b10-7-,19-16-,24-21-,27-25-,28-26-,32-30-,40-37-,49-46-. The average Bonchev–Trinajstić information content (AvgIpc) is 3.41. The van der Waals surface area contributed by atoms with E-state index >= 15 is 0 Å². The second-order valence-electron chi connectivity index (χ2n) is 19.8. The zero-order valence-electron chi connectivity index (χ0n) is 48.2. The van der Waals surface area contributed by atoms with Crippen LogP contribution in [-0.4, -0.2) is 66.5 Å². The van der Waals surface area contributed by atoms with Gasteiger partial charge in [-0.3, -0.25) is 23.4 Å². The van der Waals surface area contributed by atoms with E-state index in [0.717, 1.165) is 96.3 Å². The minimum atomic E-state index is -4.78. The molecule has 436 valence electrons. The molecule has 0 aromatic carbocycles. The predicted octanol–water partition coefficient (Wildman–Crippen LogP) is 18.0. The molecule has 0 heterocycles. The van der Waals surface area contributed by atoms with Gasteiger partial charge in [-0.25, -0.2) is 4.57 Å². The predicted molar refractivity (Wildman–Crippen MR) is 316 cm³/mol. The van der Waals surface area contributed by atoms with Gasteiger partial charge in [-0.15, -0.1) is 0 Å². The van der Waals surface area contributed by atoms with Gasteiger partial charge in [-0.1, -0.05) is 221 Å². The number of phosphoric acid groups is 1. The number of aliphatic hydroxyl groups excluding tert-OH is 1. The number of carbonyl (C=O) groups excluding carboxylic acids is 3. The molecule has 76 heavy (non-hydrogen) atoms. The molecule has 0 aliphatic carbocycles. The van der Waals surface area contributed by atoms with Crippen molar-refractivity contribution in [2.75, 3.05) is 26.4 Å². The van der Waals surface area contributed by atoms with E-state index in [9.17, 15) is 28.9 Å². The van der Waals surface area contributed by atoms with Gasteiger partial charge in [0.15, 0.2) is 6.10 Å². The van der Waals surface area contributed by atoms with Crippen molar-refractivity contribution in [2.45, 2.75) is 264 Å². The number of carbonyl (C=O) groups is 3. The second-order valence-corrected chi connectivity index (χ2v) is 21.2. The van der Waals surface area contributed by atoms with Crippen LogP contribution in [0.1, 0.15) is 252 Å². The maximum Gasteiger partial charge on any atom is 0.472 e. The fraction of sp³-hybridized carbons (Fsp3) is 0.703. The number of hydrogen-bond acceptors (Lipinski definition) is 10. The Morgan fingerprint density at radius 1 is 0.382 bits per heavy atom. The average molecular weight is 1090 g/mol. The molecule has 12 heteroatoms. The van der Waals surface area contributed by atoms with Gasteiger partial charge in [-0.05, 0) is 109 Å². The highest BCUT2D eigenvalue weighted by atomic mass is 31.2. The summed E-state index contributed by atoms with van der Waals surface area (Å²) in [5.74, 6) is -1.58. The zero-order chi connectivity index (χ0) is 55.5. The van der Waals surface area contributed by atoms with Crippen LogP contribution in [0.5, 0.6) is 0 Å². The number of allylic oxidation sites excluding steroid dienone is 16. The van der Waals surface area contributed by atoms with Crippen LogP contribution in [0.2, 0.25) is 0 Å². The van der Waals surface area contributed by atoms with Crippen LogP contribution in [0.25, 0.3) is 0 Å². The third-order valence-corrected chi connectivity index (χ3v) is 13.4. The summed E-state index contributed by atoms with van der Waals surface area (Å²) in [6.45, 7) is 4.42.